The number of nitrogens with one attached hydrogen (secondary N) is 1. The SMILES string of the molecule is CC(CNC(=O)c1cc(O)ccc1N)c1ccccc1. The van der Waals surface area contributed by atoms with Crippen molar-refractivity contribution in [2.75, 3.05) is 12.3 Å². The molecular weight excluding hydrogens is 252 g/mol. The number of nitrogens with two attached hydrogens (primary N) is 1. The van der Waals surface area contributed by atoms with Crippen molar-refractivity contribution in [2.24, 2.45) is 0 Å². The van der Waals surface area contributed by atoms with E-state index in [2.05, 4.69) is 5.32 Å². The van der Waals surface area contributed by atoms with E-state index >= 15 is 0 Å². The summed E-state index contributed by atoms with van der Waals surface area (Å²) in [6.07, 6.45) is 0. The van der Waals surface area contributed by atoms with E-state index in [-0.39, 0.29) is 17.6 Å². The van der Waals surface area contributed by atoms with E-state index in [1.807, 2.05) is 37.3 Å². The first kappa shape index (κ1) is 13.9. The Hall–Kier alpha value is -2.49. The first-order valence-corrected chi connectivity index (χ1v) is 6.49. The third-order valence-electron chi connectivity index (χ3n) is 3.22. The summed E-state index contributed by atoms with van der Waals surface area (Å²) in [7, 11) is 0. The van der Waals surface area contributed by atoms with Crippen LogP contribution in [0.1, 0.15) is 28.8 Å². The molecule has 0 aliphatic carbocycles. The molecule has 4 N–H and O–H groups in total. The lowest BCUT2D eigenvalue weighted by molar-refractivity contribution is 0.0952. The second-order valence-electron chi connectivity index (χ2n) is 4.79. The van der Waals surface area contributed by atoms with Gasteiger partial charge in [-0.05, 0) is 29.7 Å². The lowest BCUT2D eigenvalue weighted by Gasteiger charge is -2.14. The molecule has 0 saturated carbocycles. The lowest BCUT2D eigenvalue weighted by Crippen LogP contribution is -2.28. The van der Waals surface area contributed by atoms with Gasteiger partial charge in [-0.15, -0.1) is 0 Å². The number of carbonyl (C=O) groups is 1. The molecule has 104 valence electrons. The van der Waals surface area contributed by atoms with Crippen molar-refractivity contribution in [3.05, 3.63) is 59.7 Å². The number of nitrogen functional groups attached to an aromatic ring is 1. The number of aromatic hydroxyl groups is 1. The number of benzene rings is 2. The van der Waals surface area contributed by atoms with Gasteiger partial charge in [-0.1, -0.05) is 37.3 Å². The maximum Gasteiger partial charge on any atom is 0.253 e. The molecule has 1 atom stereocenters. The minimum Gasteiger partial charge on any atom is -0.508 e. The predicted molar refractivity (Wildman–Crippen MR) is 79.7 cm³/mol. The zero-order valence-electron chi connectivity index (χ0n) is 11.3. The van der Waals surface area contributed by atoms with Gasteiger partial charge in [0, 0.05) is 12.2 Å². The summed E-state index contributed by atoms with van der Waals surface area (Å²) in [6.45, 7) is 2.55. The van der Waals surface area contributed by atoms with Crippen molar-refractivity contribution in [3.63, 3.8) is 0 Å². The van der Waals surface area contributed by atoms with Crippen LogP contribution in [0.25, 0.3) is 0 Å². The number of anilines is 1. The van der Waals surface area contributed by atoms with Crippen LogP contribution in [0.15, 0.2) is 48.5 Å². The molecule has 0 fully saturated rings. The van der Waals surface area contributed by atoms with Crippen molar-refractivity contribution in [3.8, 4) is 5.75 Å². The first-order chi connectivity index (χ1) is 9.58. The molecule has 0 aliphatic rings. The normalized spacial score (nSPS) is 11.8. The second kappa shape index (κ2) is 6.10. The first-order valence-electron chi connectivity index (χ1n) is 6.49. The Bertz CT molecular complexity index is 597. The predicted octanol–water partition coefficient (Wildman–Crippen LogP) is 2.51. The Morgan fingerprint density at radius 1 is 1.25 bits per heavy atom. The number of hydrogen-bond donors (Lipinski definition) is 3. The molecule has 2 aromatic carbocycles. The number of phenolic OH excluding ortho intramolecular Hbond substituents is 1. The van der Waals surface area contributed by atoms with E-state index in [1.165, 1.54) is 18.2 Å². The van der Waals surface area contributed by atoms with E-state index in [9.17, 15) is 9.90 Å². The zero-order chi connectivity index (χ0) is 14.5. The number of rotatable bonds is 4. The van der Waals surface area contributed by atoms with Crippen LogP contribution in [0.4, 0.5) is 5.69 Å². The van der Waals surface area contributed by atoms with Gasteiger partial charge < -0.3 is 16.2 Å². The largest absolute Gasteiger partial charge is 0.508 e. The molecule has 2 rings (SSSR count). The average molecular weight is 270 g/mol. The molecule has 4 nitrogen and oxygen atoms in total. The van der Waals surface area contributed by atoms with Crippen LogP contribution >= 0.6 is 0 Å². The van der Waals surface area contributed by atoms with Gasteiger partial charge in [0.25, 0.3) is 5.91 Å². The van der Waals surface area contributed by atoms with Crippen LogP contribution < -0.4 is 11.1 Å². The zero-order valence-corrected chi connectivity index (χ0v) is 11.3. The van der Waals surface area contributed by atoms with E-state index in [4.69, 9.17) is 5.73 Å². The molecule has 1 amide bonds. The standard InChI is InChI=1S/C16H18N2O2/c1-11(12-5-3-2-4-6-12)10-18-16(20)14-9-13(19)7-8-15(14)17/h2-9,11,19H,10,17H2,1H3,(H,18,20). The summed E-state index contributed by atoms with van der Waals surface area (Å²) in [5.74, 6) is -0.0414. The highest BCUT2D eigenvalue weighted by molar-refractivity contribution is 5.99. The molecule has 1 unspecified atom stereocenters. The van der Waals surface area contributed by atoms with Crippen molar-refractivity contribution in [2.45, 2.75) is 12.8 Å². The average Bonchev–Trinajstić information content (AvgIpc) is 2.47. The molecule has 0 aliphatic heterocycles. The fourth-order valence-electron chi connectivity index (χ4n) is 1.98. The van der Waals surface area contributed by atoms with E-state index < -0.39 is 0 Å². The summed E-state index contributed by atoms with van der Waals surface area (Å²) < 4.78 is 0. The highest BCUT2D eigenvalue weighted by Gasteiger charge is 2.12. The van der Waals surface area contributed by atoms with Crippen molar-refractivity contribution in [1.29, 1.82) is 0 Å². The molecule has 2 aromatic rings. The van der Waals surface area contributed by atoms with Gasteiger partial charge in [-0.25, -0.2) is 0 Å². The summed E-state index contributed by atoms with van der Waals surface area (Å²) in [5, 5.41) is 12.2. The molecule has 20 heavy (non-hydrogen) atoms. The number of amides is 1. The third-order valence-corrected chi connectivity index (χ3v) is 3.22. The Kier molecular flexibility index (Phi) is 4.25. The number of carbonyl (C=O) groups excluding carboxylic acids is 1. The number of phenols is 1. The second-order valence-corrected chi connectivity index (χ2v) is 4.79. The van der Waals surface area contributed by atoms with Gasteiger partial charge in [0.15, 0.2) is 0 Å². The van der Waals surface area contributed by atoms with Crippen LogP contribution in [0.5, 0.6) is 5.75 Å². The number of hydrogen-bond acceptors (Lipinski definition) is 3. The van der Waals surface area contributed by atoms with Gasteiger partial charge >= 0.3 is 0 Å². The maximum atomic E-state index is 12.1. The van der Waals surface area contributed by atoms with Crippen LogP contribution in [-0.2, 0) is 0 Å². The highest BCUT2D eigenvalue weighted by Crippen LogP contribution is 2.19. The van der Waals surface area contributed by atoms with Gasteiger partial charge in [0.2, 0.25) is 0 Å². The molecule has 0 saturated heterocycles. The van der Waals surface area contributed by atoms with Gasteiger partial charge in [-0.3, -0.25) is 4.79 Å². The molecule has 4 heteroatoms. The van der Waals surface area contributed by atoms with Crippen LogP contribution in [0.2, 0.25) is 0 Å². The molecule has 0 spiro atoms. The Morgan fingerprint density at radius 2 is 1.95 bits per heavy atom. The Labute approximate surface area is 118 Å². The topological polar surface area (TPSA) is 75.3 Å². The van der Waals surface area contributed by atoms with Crippen molar-refractivity contribution < 1.29 is 9.90 Å². The maximum absolute atomic E-state index is 12.1. The van der Waals surface area contributed by atoms with E-state index in [1.54, 1.807) is 0 Å². The fourth-order valence-corrected chi connectivity index (χ4v) is 1.98. The van der Waals surface area contributed by atoms with Crippen molar-refractivity contribution >= 4 is 11.6 Å². The van der Waals surface area contributed by atoms with Crippen LogP contribution in [0.3, 0.4) is 0 Å². The highest BCUT2D eigenvalue weighted by atomic mass is 16.3. The quantitative estimate of drug-likeness (QED) is 0.590. The van der Waals surface area contributed by atoms with Gasteiger partial charge in [0.1, 0.15) is 5.75 Å². The van der Waals surface area contributed by atoms with Crippen LogP contribution in [-0.4, -0.2) is 17.6 Å². The summed E-state index contributed by atoms with van der Waals surface area (Å²) in [6, 6.07) is 14.3. The minimum atomic E-state index is -0.277. The van der Waals surface area contributed by atoms with Gasteiger partial charge in [-0.2, -0.15) is 0 Å². The Balaban J connectivity index is 2.00. The lowest BCUT2D eigenvalue weighted by atomic mass is 10.0. The molecule has 0 bridgehead atoms. The summed E-state index contributed by atoms with van der Waals surface area (Å²) >= 11 is 0. The van der Waals surface area contributed by atoms with Crippen LogP contribution in [0, 0.1) is 0 Å². The smallest absolute Gasteiger partial charge is 0.253 e. The summed E-state index contributed by atoms with van der Waals surface area (Å²) in [4.78, 5) is 12.1. The summed E-state index contributed by atoms with van der Waals surface area (Å²) in [5.41, 5.74) is 7.55. The van der Waals surface area contributed by atoms with E-state index in [0.29, 0.717) is 17.8 Å². The third kappa shape index (κ3) is 3.29. The fraction of sp³-hybridized carbons (Fsp3) is 0.188. The minimum absolute atomic E-state index is 0.0282. The molecule has 0 heterocycles. The van der Waals surface area contributed by atoms with E-state index in [0.717, 1.165) is 5.56 Å². The monoisotopic (exact) mass is 270 g/mol. The Morgan fingerprint density at radius 3 is 2.65 bits per heavy atom. The molecule has 0 radical (unpaired) electrons. The molecule has 0 aromatic heterocycles. The van der Waals surface area contributed by atoms with Gasteiger partial charge in [0.05, 0.1) is 5.56 Å². The molecular formula is C16H18N2O2. The van der Waals surface area contributed by atoms with Crippen molar-refractivity contribution in [1.82, 2.24) is 5.32 Å².